The highest BCUT2D eigenvalue weighted by molar-refractivity contribution is 7.22. The lowest BCUT2D eigenvalue weighted by Crippen LogP contribution is -2.35. The zero-order valence-electron chi connectivity index (χ0n) is 10.7. The Bertz CT molecular complexity index is 541. The quantitative estimate of drug-likeness (QED) is 0.904. The molecule has 2 aromatic rings. The number of benzene rings is 1. The van der Waals surface area contributed by atoms with Crippen LogP contribution in [0.5, 0.6) is 0 Å². The van der Waals surface area contributed by atoms with E-state index in [1.807, 2.05) is 11.3 Å². The van der Waals surface area contributed by atoms with Gasteiger partial charge in [0.15, 0.2) is 5.13 Å². The van der Waals surface area contributed by atoms with Gasteiger partial charge in [0, 0.05) is 13.1 Å². The Kier molecular flexibility index (Phi) is 3.22. The lowest BCUT2D eigenvalue weighted by molar-refractivity contribution is 0.414. The Hall–Kier alpha value is -1.13. The standard InChI is InChI=1S/C14H19N3S/c1-10-2-3-12-13(8-10)18-14(16-12)17-6-4-11(9-15)5-7-17/h2-3,8,11H,4-7,9,15H2,1H3. The SMILES string of the molecule is Cc1ccc2nc(N3CCC(CN)CC3)sc2c1. The van der Waals surface area contributed by atoms with E-state index in [0.29, 0.717) is 5.92 Å². The number of piperidine rings is 1. The van der Waals surface area contributed by atoms with Gasteiger partial charge in [-0.15, -0.1) is 0 Å². The van der Waals surface area contributed by atoms with Crippen LogP contribution in [0.4, 0.5) is 5.13 Å². The normalized spacial score (nSPS) is 17.6. The molecule has 2 heterocycles. The highest BCUT2D eigenvalue weighted by Crippen LogP contribution is 2.31. The van der Waals surface area contributed by atoms with Crippen LogP contribution < -0.4 is 10.6 Å². The van der Waals surface area contributed by atoms with E-state index in [1.54, 1.807) is 0 Å². The molecule has 0 amide bonds. The number of nitrogens with two attached hydrogens (primary N) is 1. The molecule has 1 fully saturated rings. The predicted molar refractivity (Wildman–Crippen MR) is 78.3 cm³/mol. The van der Waals surface area contributed by atoms with Crippen LogP contribution in [-0.4, -0.2) is 24.6 Å². The summed E-state index contributed by atoms with van der Waals surface area (Å²) in [5, 5.41) is 1.17. The largest absolute Gasteiger partial charge is 0.348 e. The van der Waals surface area contributed by atoms with Gasteiger partial charge in [-0.2, -0.15) is 0 Å². The third-order valence-electron chi connectivity index (χ3n) is 3.75. The van der Waals surface area contributed by atoms with Crippen molar-refractivity contribution >= 4 is 26.7 Å². The molecule has 1 aromatic carbocycles. The van der Waals surface area contributed by atoms with E-state index in [9.17, 15) is 0 Å². The molecule has 0 saturated carbocycles. The first-order valence-electron chi connectivity index (χ1n) is 6.58. The van der Waals surface area contributed by atoms with E-state index in [1.165, 1.54) is 28.2 Å². The van der Waals surface area contributed by atoms with E-state index >= 15 is 0 Å². The molecule has 1 aliphatic heterocycles. The highest BCUT2D eigenvalue weighted by Gasteiger charge is 2.20. The van der Waals surface area contributed by atoms with Gasteiger partial charge < -0.3 is 10.6 Å². The molecule has 3 rings (SSSR count). The van der Waals surface area contributed by atoms with E-state index in [2.05, 4.69) is 30.0 Å². The van der Waals surface area contributed by atoms with Crippen LogP contribution >= 0.6 is 11.3 Å². The maximum atomic E-state index is 5.73. The van der Waals surface area contributed by atoms with E-state index in [0.717, 1.165) is 25.2 Å². The summed E-state index contributed by atoms with van der Waals surface area (Å²) in [5.74, 6) is 0.706. The van der Waals surface area contributed by atoms with E-state index in [-0.39, 0.29) is 0 Å². The first-order valence-corrected chi connectivity index (χ1v) is 7.40. The third kappa shape index (κ3) is 2.22. The molecule has 4 heteroatoms. The molecule has 1 aliphatic rings. The van der Waals surface area contributed by atoms with Crippen molar-refractivity contribution in [3.63, 3.8) is 0 Å². The summed E-state index contributed by atoms with van der Waals surface area (Å²) in [6.45, 7) is 5.15. The zero-order chi connectivity index (χ0) is 12.5. The fourth-order valence-electron chi connectivity index (χ4n) is 2.51. The highest BCUT2D eigenvalue weighted by atomic mass is 32.1. The summed E-state index contributed by atoms with van der Waals surface area (Å²) in [7, 11) is 0. The number of fused-ring (bicyclic) bond motifs is 1. The molecule has 18 heavy (non-hydrogen) atoms. The average Bonchev–Trinajstić information content (AvgIpc) is 2.81. The van der Waals surface area contributed by atoms with Crippen LogP contribution in [0, 0.1) is 12.8 Å². The zero-order valence-corrected chi connectivity index (χ0v) is 11.5. The van der Waals surface area contributed by atoms with Gasteiger partial charge >= 0.3 is 0 Å². The summed E-state index contributed by atoms with van der Waals surface area (Å²) in [6.07, 6.45) is 2.40. The summed E-state index contributed by atoms with van der Waals surface area (Å²) < 4.78 is 1.30. The molecule has 0 spiro atoms. The molecular formula is C14H19N3S. The van der Waals surface area contributed by atoms with Crippen LogP contribution in [0.1, 0.15) is 18.4 Å². The topological polar surface area (TPSA) is 42.2 Å². The molecule has 1 aromatic heterocycles. The Morgan fingerprint density at radius 1 is 1.39 bits per heavy atom. The van der Waals surface area contributed by atoms with E-state index < -0.39 is 0 Å². The minimum Gasteiger partial charge on any atom is -0.348 e. The van der Waals surface area contributed by atoms with Crippen LogP contribution in [0.25, 0.3) is 10.2 Å². The molecule has 3 nitrogen and oxygen atoms in total. The number of aromatic nitrogens is 1. The van der Waals surface area contributed by atoms with Crippen molar-refractivity contribution in [2.75, 3.05) is 24.5 Å². The Labute approximate surface area is 112 Å². The van der Waals surface area contributed by atoms with Crippen molar-refractivity contribution in [2.45, 2.75) is 19.8 Å². The molecule has 0 unspecified atom stereocenters. The molecule has 96 valence electrons. The van der Waals surface area contributed by atoms with Gasteiger partial charge in [-0.3, -0.25) is 0 Å². The summed E-state index contributed by atoms with van der Waals surface area (Å²) in [4.78, 5) is 7.15. The lowest BCUT2D eigenvalue weighted by atomic mass is 9.98. The number of rotatable bonds is 2. The first-order chi connectivity index (χ1) is 8.76. The Balaban J connectivity index is 1.82. The second kappa shape index (κ2) is 4.86. The van der Waals surface area contributed by atoms with Crippen molar-refractivity contribution in [3.05, 3.63) is 23.8 Å². The lowest BCUT2D eigenvalue weighted by Gasteiger charge is -2.30. The Morgan fingerprint density at radius 2 is 2.17 bits per heavy atom. The number of anilines is 1. The minimum atomic E-state index is 0.706. The van der Waals surface area contributed by atoms with Crippen molar-refractivity contribution in [3.8, 4) is 0 Å². The van der Waals surface area contributed by atoms with E-state index in [4.69, 9.17) is 10.7 Å². The molecule has 0 aliphatic carbocycles. The maximum Gasteiger partial charge on any atom is 0.186 e. The molecular weight excluding hydrogens is 242 g/mol. The van der Waals surface area contributed by atoms with Crippen LogP contribution in [-0.2, 0) is 0 Å². The monoisotopic (exact) mass is 261 g/mol. The minimum absolute atomic E-state index is 0.706. The number of hydrogen-bond donors (Lipinski definition) is 1. The van der Waals surface area contributed by atoms with Crippen molar-refractivity contribution in [2.24, 2.45) is 11.7 Å². The average molecular weight is 261 g/mol. The van der Waals surface area contributed by atoms with Gasteiger partial charge in [-0.05, 0) is 49.9 Å². The van der Waals surface area contributed by atoms with Gasteiger partial charge in [0.1, 0.15) is 0 Å². The van der Waals surface area contributed by atoms with Crippen molar-refractivity contribution in [1.29, 1.82) is 0 Å². The second-order valence-electron chi connectivity index (χ2n) is 5.13. The van der Waals surface area contributed by atoms with Crippen molar-refractivity contribution < 1.29 is 0 Å². The molecule has 1 saturated heterocycles. The molecule has 2 N–H and O–H groups in total. The number of aryl methyl sites for hydroxylation is 1. The predicted octanol–water partition coefficient (Wildman–Crippen LogP) is 2.78. The summed E-state index contributed by atoms with van der Waals surface area (Å²) in [6, 6.07) is 6.48. The first kappa shape index (κ1) is 11.9. The summed E-state index contributed by atoms with van der Waals surface area (Å²) in [5.41, 5.74) is 8.17. The van der Waals surface area contributed by atoms with Crippen LogP contribution in [0.3, 0.4) is 0 Å². The van der Waals surface area contributed by atoms with Gasteiger partial charge in [0.2, 0.25) is 0 Å². The third-order valence-corrected chi connectivity index (χ3v) is 4.83. The molecule has 0 radical (unpaired) electrons. The van der Waals surface area contributed by atoms with Crippen LogP contribution in [0.2, 0.25) is 0 Å². The summed E-state index contributed by atoms with van der Waals surface area (Å²) >= 11 is 1.81. The molecule has 0 bridgehead atoms. The van der Waals surface area contributed by atoms with Crippen LogP contribution in [0.15, 0.2) is 18.2 Å². The van der Waals surface area contributed by atoms with Gasteiger partial charge in [-0.1, -0.05) is 17.4 Å². The van der Waals surface area contributed by atoms with Gasteiger partial charge in [-0.25, -0.2) is 4.98 Å². The maximum absolute atomic E-state index is 5.73. The Morgan fingerprint density at radius 3 is 2.89 bits per heavy atom. The van der Waals surface area contributed by atoms with Crippen molar-refractivity contribution in [1.82, 2.24) is 4.98 Å². The fourth-order valence-corrected chi connectivity index (χ4v) is 3.63. The van der Waals surface area contributed by atoms with Gasteiger partial charge in [0.25, 0.3) is 0 Å². The number of hydrogen-bond acceptors (Lipinski definition) is 4. The second-order valence-corrected chi connectivity index (χ2v) is 6.14. The molecule has 0 atom stereocenters. The fraction of sp³-hybridized carbons (Fsp3) is 0.500. The smallest absolute Gasteiger partial charge is 0.186 e. The number of nitrogens with zero attached hydrogens (tertiary/aromatic N) is 2. The number of thiazole rings is 1. The van der Waals surface area contributed by atoms with Gasteiger partial charge in [0.05, 0.1) is 10.2 Å².